The molecule has 1 aromatic rings. The van der Waals surface area contributed by atoms with E-state index in [1.165, 1.54) is 4.90 Å². The Labute approximate surface area is 153 Å². The van der Waals surface area contributed by atoms with E-state index in [4.69, 9.17) is 4.18 Å². The second kappa shape index (κ2) is 7.75. The second-order valence-electron chi connectivity index (χ2n) is 6.88. The van der Waals surface area contributed by atoms with Gasteiger partial charge in [0.15, 0.2) is 0 Å². The lowest BCUT2D eigenvalue weighted by Gasteiger charge is -2.23. The maximum absolute atomic E-state index is 12.6. The molecule has 26 heavy (non-hydrogen) atoms. The summed E-state index contributed by atoms with van der Waals surface area (Å²) in [6, 6.07) is 7.27. The van der Waals surface area contributed by atoms with E-state index in [1.54, 1.807) is 30.3 Å². The third-order valence-corrected chi connectivity index (χ3v) is 6.89. The van der Waals surface area contributed by atoms with E-state index in [2.05, 4.69) is 0 Å². The predicted octanol–water partition coefficient (Wildman–Crippen LogP) is 2.03. The SMILES string of the molecule is O=C(O)[C@@H]1CC(OS(=O)(=O)C2CCCCC2)CN1C(=O)c1ccccc1. The number of hydrogen-bond acceptors (Lipinski definition) is 5. The molecule has 0 spiro atoms. The third-order valence-electron chi connectivity index (χ3n) is 5.06. The average molecular weight is 381 g/mol. The van der Waals surface area contributed by atoms with Gasteiger partial charge in [0.1, 0.15) is 6.04 Å². The summed E-state index contributed by atoms with van der Waals surface area (Å²) < 4.78 is 30.3. The van der Waals surface area contributed by atoms with Crippen LogP contribution in [-0.4, -0.2) is 54.2 Å². The molecular formula is C18H23NO6S. The smallest absolute Gasteiger partial charge is 0.326 e. The van der Waals surface area contributed by atoms with E-state index in [9.17, 15) is 23.1 Å². The van der Waals surface area contributed by atoms with Crippen LogP contribution >= 0.6 is 0 Å². The number of benzene rings is 1. The molecule has 0 radical (unpaired) electrons. The zero-order chi connectivity index (χ0) is 18.7. The van der Waals surface area contributed by atoms with Gasteiger partial charge in [0.2, 0.25) is 0 Å². The lowest BCUT2D eigenvalue weighted by molar-refractivity contribution is -0.141. The Bertz CT molecular complexity index is 757. The molecule has 1 aromatic carbocycles. The van der Waals surface area contributed by atoms with Crippen LogP contribution in [-0.2, 0) is 19.1 Å². The summed E-state index contributed by atoms with van der Waals surface area (Å²) in [6.45, 7) is -0.0450. The number of carboxylic acids is 1. The molecule has 0 aromatic heterocycles. The Morgan fingerprint density at radius 3 is 2.35 bits per heavy atom. The first-order chi connectivity index (χ1) is 12.4. The quantitative estimate of drug-likeness (QED) is 0.783. The van der Waals surface area contributed by atoms with Gasteiger partial charge in [-0.3, -0.25) is 8.98 Å². The molecule has 1 saturated heterocycles. The van der Waals surface area contributed by atoms with Crippen LogP contribution in [0.2, 0.25) is 0 Å². The van der Waals surface area contributed by atoms with Gasteiger partial charge in [-0.25, -0.2) is 4.79 Å². The van der Waals surface area contributed by atoms with Gasteiger partial charge in [-0.1, -0.05) is 37.5 Å². The van der Waals surface area contributed by atoms with Gasteiger partial charge < -0.3 is 10.0 Å². The number of amides is 1. The molecule has 8 heteroatoms. The molecule has 1 amide bonds. The molecule has 0 bridgehead atoms. The van der Waals surface area contributed by atoms with E-state index in [0.29, 0.717) is 18.4 Å². The van der Waals surface area contributed by atoms with Crippen molar-refractivity contribution in [2.24, 2.45) is 0 Å². The molecule has 7 nitrogen and oxygen atoms in total. The largest absolute Gasteiger partial charge is 0.480 e. The van der Waals surface area contributed by atoms with Crippen LogP contribution < -0.4 is 0 Å². The fraction of sp³-hybridized carbons (Fsp3) is 0.556. The molecule has 2 fully saturated rings. The Hall–Kier alpha value is -1.93. The molecule has 1 aliphatic carbocycles. The fourth-order valence-electron chi connectivity index (χ4n) is 3.69. The van der Waals surface area contributed by atoms with Gasteiger partial charge >= 0.3 is 5.97 Å². The standard InChI is InChI=1S/C18H23NO6S/c20-17(13-7-3-1-4-8-13)19-12-14(11-16(19)18(21)22)25-26(23,24)15-9-5-2-6-10-15/h1,3-4,7-8,14-16H,2,5-6,9-12H2,(H,21,22)/t14?,16-/m0/s1. The van der Waals surface area contributed by atoms with Crippen molar-refractivity contribution in [3.63, 3.8) is 0 Å². The predicted molar refractivity (Wildman–Crippen MR) is 94.2 cm³/mol. The first kappa shape index (κ1) is 18.8. The molecule has 1 N–H and O–H groups in total. The van der Waals surface area contributed by atoms with Crippen molar-refractivity contribution in [2.45, 2.75) is 55.9 Å². The van der Waals surface area contributed by atoms with Gasteiger partial charge in [-0.2, -0.15) is 8.42 Å². The van der Waals surface area contributed by atoms with Crippen LogP contribution in [0.5, 0.6) is 0 Å². The number of rotatable bonds is 5. The normalized spacial score (nSPS) is 24.5. The minimum atomic E-state index is -3.76. The molecule has 3 rings (SSSR count). The minimum absolute atomic E-state index is 0.0279. The van der Waals surface area contributed by atoms with Gasteiger partial charge in [0.05, 0.1) is 11.4 Å². The highest BCUT2D eigenvalue weighted by molar-refractivity contribution is 7.87. The van der Waals surface area contributed by atoms with Crippen molar-refractivity contribution >= 4 is 22.0 Å². The first-order valence-corrected chi connectivity index (χ1v) is 10.4. The molecule has 142 valence electrons. The number of likely N-dealkylation sites (tertiary alicyclic amines) is 1. The maximum atomic E-state index is 12.6. The highest BCUT2D eigenvalue weighted by Gasteiger charge is 2.43. The topological polar surface area (TPSA) is 101 Å². The van der Waals surface area contributed by atoms with Crippen LogP contribution in [0, 0.1) is 0 Å². The average Bonchev–Trinajstić information content (AvgIpc) is 3.06. The molecule has 1 unspecified atom stereocenters. The number of nitrogens with zero attached hydrogens (tertiary/aromatic N) is 1. The van der Waals surface area contributed by atoms with Crippen molar-refractivity contribution in [3.05, 3.63) is 35.9 Å². The Kier molecular flexibility index (Phi) is 5.62. The second-order valence-corrected chi connectivity index (χ2v) is 8.73. The highest BCUT2D eigenvalue weighted by Crippen LogP contribution is 2.29. The van der Waals surface area contributed by atoms with Crippen molar-refractivity contribution in [3.8, 4) is 0 Å². The lowest BCUT2D eigenvalue weighted by Crippen LogP contribution is -2.40. The third kappa shape index (κ3) is 4.07. The zero-order valence-electron chi connectivity index (χ0n) is 14.4. The van der Waals surface area contributed by atoms with Crippen molar-refractivity contribution in [1.82, 2.24) is 4.90 Å². The number of carbonyl (C=O) groups excluding carboxylic acids is 1. The van der Waals surface area contributed by atoms with E-state index in [1.807, 2.05) is 0 Å². The summed E-state index contributed by atoms with van der Waals surface area (Å²) >= 11 is 0. The summed E-state index contributed by atoms with van der Waals surface area (Å²) in [6.07, 6.45) is 3.03. The summed E-state index contributed by atoms with van der Waals surface area (Å²) in [5.74, 6) is -1.59. The van der Waals surface area contributed by atoms with Crippen LogP contribution in [0.1, 0.15) is 48.9 Å². The summed E-state index contributed by atoms with van der Waals surface area (Å²) in [5, 5.41) is 8.92. The molecule has 2 atom stereocenters. The lowest BCUT2D eigenvalue weighted by atomic mass is 10.0. The highest BCUT2D eigenvalue weighted by atomic mass is 32.2. The number of carbonyl (C=O) groups is 2. The van der Waals surface area contributed by atoms with E-state index in [0.717, 1.165) is 19.3 Å². The fourth-order valence-corrected chi connectivity index (χ4v) is 5.28. The van der Waals surface area contributed by atoms with E-state index < -0.39 is 39.4 Å². The van der Waals surface area contributed by atoms with Crippen molar-refractivity contribution in [2.75, 3.05) is 6.54 Å². The van der Waals surface area contributed by atoms with E-state index >= 15 is 0 Å². The van der Waals surface area contributed by atoms with Crippen molar-refractivity contribution < 1.29 is 27.3 Å². The molecular weight excluding hydrogens is 358 g/mol. The maximum Gasteiger partial charge on any atom is 0.326 e. The molecule has 1 heterocycles. The summed E-state index contributed by atoms with van der Waals surface area (Å²) in [4.78, 5) is 25.4. The van der Waals surface area contributed by atoms with Gasteiger partial charge in [-0.05, 0) is 25.0 Å². The number of hydrogen-bond donors (Lipinski definition) is 1. The number of aliphatic carboxylic acids is 1. The van der Waals surface area contributed by atoms with Crippen LogP contribution in [0.4, 0.5) is 0 Å². The first-order valence-electron chi connectivity index (χ1n) is 8.89. The Morgan fingerprint density at radius 2 is 1.73 bits per heavy atom. The van der Waals surface area contributed by atoms with Gasteiger partial charge in [-0.15, -0.1) is 0 Å². The van der Waals surface area contributed by atoms with Crippen LogP contribution in [0.25, 0.3) is 0 Å². The monoisotopic (exact) mass is 381 g/mol. The van der Waals surface area contributed by atoms with Crippen LogP contribution in [0.15, 0.2) is 30.3 Å². The minimum Gasteiger partial charge on any atom is -0.480 e. The number of carboxylic acid groups (broad SMARTS) is 1. The summed E-state index contributed by atoms with van der Waals surface area (Å²) in [7, 11) is -3.76. The van der Waals surface area contributed by atoms with Crippen molar-refractivity contribution in [1.29, 1.82) is 0 Å². The van der Waals surface area contributed by atoms with Crippen LogP contribution in [0.3, 0.4) is 0 Å². The summed E-state index contributed by atoms with van der Waals surface area (Å²) in [5.41, 5.74) is 0.370. The Balaban J connectivity index is 1.73. The molecule has 1 saturated carbocycles. The zero-order valence-corrected chi connectivity index (χ0v) is 15.2. The van der Waals surface area contributed by atoms with E-state index in [-0.39, 0.29) is 13.0 Å². The molecule has 1 aliphatic heterocycles. The molecule has 2 aliphatic rings. The van der Waals surface area contributed by atoms with Gasteiger partial charge in [0.25, 0.3) is 16.0 Å². The Morgan fingerprint density at radius 1 is 1.08 bits per heavy atom. The van der Waals surface area contributed by atoms with Gasteiger partial charge in [0, 0.05) is 18.5 Å².